The molecule has 0 spiro atoms. The SMILES string of the molecule is CC=CC=CS(=O)O. The maximum atomic E-state index is 9.86. The van der Waals surface area contributed by atoms with Gasteiger partial charge in [-0.05, 0) is 6.92 Å². The molecule has 0 saturated carbocycles. The molecule has 0 aliphatic heterocycles. The molecule has 0 amide bonds. The van der Waals surface area contributed by atoms with Gasteiger partial charge < -0.3 is 4.55 Å². The highest BCUT2D eigenvalue weighted by atomic mass is 32.2. The third-order valence-electron chi connectivity index (χ3n) is 0.499. The summed E-state index contributed by atoms with van der Waals surface area (Å²) in [5.41, 5.74) is 0. The lowest BCUT2D eigenvalue weighted by atomic mass is 10.5. The standard InChI is InChI=1S/C5H8O2S/c1-2-3-4-5-8(6)7/h2-5H,1H3,(H,6,7). The first-order valence-electron chi connectivity index (χ1n) is 2.16. The molecule has 1 unspecified atom stereocenters. The first kappa shape index (κ1) is 7.59. The Hall–Kier alpha value is -0.410. The molecule has 0 aliphatic carbocycles. The van der Waals surface area contributed by atoms with E-state index in [9.17, 15) is 4.21 Å². The second-order valence-corrected chi connectivity index (χ2v) is 1.95. The molecule has 0 rings (SSSR count). The Morgan fingerprint density at radius 2 is 2.12 bits per heavy atom. The Bertz CT molecular complexity index is 126. The van der Waals surface area contributed by atoms with Gasteiger partial charge in [-0.2, -0.15) is 0 Å². The summed E-state index contributed by atoms with van der Waals surface area (Å²) in [4.78, 5) is 0. The Labute approximate surface area is 51.2 Å². The zero-order valence-electron chi connectivity index (χ0n) is 4.57. The van der Waals surface area contributed by atoms with Gasteiger partial charge in [0.25, 0.3) is 0 Å². The summed E-state index contributed by atoms with van der Waals surface area (Å²) >= 11 is -1.80. The van der Waals surface area contributed by atoms with Crippen LogP contribution in [0.1, 0.15) is 6.92 Å². The quantitative estimate of drug-likeness (QED) is 0.454. The van der Waals surface area contributed by atoms with E-state index in [-0.39, 0.29) is 0 Å². The van der Waals surface area contributed by atoms with Gasteiger partial charge >= 0.3 is 0 Å². The van der Waals surface area contributed by atoms with E-state index in [0.29, 0.717) is 0 Å². The van der Waals surface area contributed by atoms with Gasteiger partial charge in [-0.15, -0.1) is 0 Å². The Morgan fingerprint density at radius 1 is 1.50 bits per heavy atom. The largest absolute Gasteiger partial charge is 0.303 e. The van der Waals surface area contributed by atoms with Crippen LogP contribution >= 0.6 is 0 Å². The van der Waals surface area contributed by atoms with Crippen molar-refractivity contribution in [3.63, 3.8) is 0 Å². The molecule has 8 heavy (non-hydrogen) atoms. The molecule has 3 heteroatoms. The van der Waals surface area contributed by atoms with Crippen molar-refractivity contribution in [1.29, 1.82) is 0 Å². The van der Waals surface area contributed by atoms with E-state index in [2.05, 4.69) is 0 Å². The second-order valence-electron chi connectivity index (χ2n) is 1.13. The lowest BCUT2D eigenvalue weighted by molar-refractivity contribution is 0.574. The Balaban J connectivity index is 3.50. The van der Waals surface area contributed by atoms with Crippen molar-refractivity contribution in [1.82, 2.24) is 0 Å². The smallest absolute Gasteiger partial charge is 0.178 e. The van der Waals surface area contributed by atoms with Crippen LogP contribution in [-0.4, -0.2) is 8.76 Å². The van der Waals surface area contributed by atoms with Crippen LogP contribution in [0.4, 0.5) is 0 Å². The van der Waals surface area contributed by atoms with Gasteiger partial charge in [0.1, 0.15) is 0 Å². The van der Waals surface area contributed by atoms with Gasteiger partial charge in [-0.1, -0.05) is 18.2 Å². The Kier molecular flexibility index (Phi) is 4.50. The van der Waals surface area contributed by atoms with E-state index in [1.165, 1.54) is 11.5 Å². The number of allylic oxidation sites excluding steroid dienone is 3. The molecule has 1 atom stereocenters. The van der Waals surface area contributed by atoms with E-state index in [0.717, 1.165) is 0 Å². The minimum absolute atomic E-state index is 1.19. The zero-order valence-corrected chi connectivity index (χ0v) is 5.39. The summed E-state index contributed by atoms with van der Waals surface area (Å²) in [6.07, 6.45) is 4.99. The van der Waals surface area contributed by atoms with Gasteiger partial charge in [0.15, 0.2) is 11.1 Å². The van der Waals surface area contributed by atoms with E-state index in [1.54, 1.807) is 12.2 Å². The van der Waals surface area contributed by atoms with Crippen LogP contribution < -0.4 is 0 Å². The predicted molar refractivity (Wildman–Crippen MR) is 34.7 cm³/mol. The van der Waals surface area contributed by atoms with Crippen molar-refractivity contribution in [3.8, 4) is 0 Å². The van der Waals surface area contributed by atoms with Crippen molar-refractivity contribution < 1.29 is 8.76 Å². The van der Waals surface area contributed by atoms with Crippen molar-refractivity contribution in [2.75, 3.05) is 0 Å². The lowest BCUT2D eigenvalue weighted by Gasteiger charge is -1.72. The summed E-state index contributed by atoms with van der Waals surface area (Å²) in [6, 6.07) is 0. The van der Waals surface area contributed by atoms with Crippen LogP contribution in [0.3, 0.4) is 0 Å². The minimum atomic E-state index is -1.80. The molecule has 0 radical (unpaired) electrons. The first-order chi connectivity index (χ1) is 3.77. The van der Waals surface area contributed by atoms with E-state index >= 15 is 0 Å². The van der Waals surface area contributed by atoms with Gasteiger partial charge in [-0.3, -0.25) is 0 Å². The lowest BCUT2D eigenvalue weighted by Crippen LogP contribution is -1.73. The molecular formula is C5H8O2S. The number of hydrogen-bond acceptors (Lipinski definition) is 1. The summed E-state index contributed by atoms with van der Waals surface area (Å²) in [7, 11) is 0. The van der Waals surface area contributed by atoms with Crippen molar-refractivity contribution in [2.45, 2.75) is 6.92 Å². The molecule has 1 N–H and O–H groups in total. The predicted octanol–water partition coefficient (Wildman–Crippen LogP) is 1.30. The normalized spacial score (nSPS) is 15.8. The fourth-order valence-corrected chi connectivity index (χ4v) is 0.449. The molecule has 2 nitrogen and oxygen atoms in total. The second kappa shape index (κ2) is 4.74. The zero-order chi connectivity index (χ0) is 6.41. The van der Waals surface area contributed by atoms with E-state index in [4.69, 9.17) is 4.55 Å². The van der Waals surface area contributed by atoms with Gasteiger partial charge in [-0.25, -0.2) is 4.21 Å². The summed E-state index contributed by atoms with van der Waals surface area (Å²) in [5.74, 6) is 0. The minimum Gasteiger partial charge on any atom is -0.303 e. The van der Waals surface area contributed by atoms with E-state index in [1.807, 2.05) is 6.92 Å². The topological polar surface area (TPSA) is 37.3 Å². The highest BCUT2D eigenvalue weighted by Crippen LogP contribution is 1.78. The maximum Gasteiger partial charge on any atom is 0.178 e. The van der Waals surface area contributed by atoms with Crippen LogP contribution in [0, 0.1) is 0 Å². The van der Waals surface area contributed by atoms with Crippen LogP contribution in [0.2, 0.25) is 0 Å². The van der Waals surface area contributed by atoms with Crippen LogP contribution in [0.5, 0.6) is 0 Å². The first-order valence-corrected chi connectivity index (χ1v) is 3.33. The Morgan fingerprint density at radius 3 is 2.50 bits per heavy atom. The molecule has 0 aromatic heterocycles. The number of rotatable bonds is 2. The van der Waals surface area contributed by atoms with Crippen LogP contribution in [0.25, 0.3) is 0 Å². The number of hydrogen-bond donors (Lipinski definition) is 1. The van der Waals surface area contributed by atoms with Crippen LogP contribution in [-0.2, 0) is 11.1 Å². The van der Waals surface area contributed by atoms with Gasteiger partial charge in [0.05, 0.1) is 0 Å². The third kappa shape index (κ3) is 5.59. The van der Waals surface area contributed by atoms with E-state index < -0.39 is 11.1 Å². The molecule has 0 fully saturated rings. The molecule has 0 aromatic carbocycles. The molecule has 0 aliphatic rings. The van der Waals surface area contributed by atoms with Crippen LogP contribution in [0.15, 0.2) is 23.6 Å². The summed E-state index contributed by atoms with van der Waals surface area (Å²) < 4.78 is 18.0. The molecule has 0 bridgehead atoms. The van der Waals surface area contributed by atoms with Crippen molar-refractivity contribution >= 4 is 11.1 Å². The fraction of sp³-hybridized carbons (Fsp3) is 0.200. The molecule has 46 valence electrons. The fourth-order valence-electron chi connectivity index (χ4n) is 0.224. The summed E-state index contributed by atoms with van der Waals surface area (Å²) in [5, 5.41) is 1.19. The van der Waals surface area contributed by atoms with Crippen molar-refractivity contribution in [3.05, 3.63) is 23.6 Å². The average molecular weight is 132 g/mol. The molecular weight excluding hydrogens is 124 g/mol. The van der Waals surface area contributed by atoms with Gasteiger partial charge in [0, 0.05) is 5.41 Å². The maximum absolute atomic E-state index is 9.86. The monoisotopic (exact) mass is 132 g/mol. The van der Waals surface area contributed by atoms with Gasteiger partial charge in [0.2, 0.25) is 0 Å². The summed E-state index contributed by atoms with van der Waals surface area (Å²) in [6.45, 7) is 1.84. The molecule has 0 heterocycles. The average Bonchev–Trinajstić information content (AvgIpc) is 1.66. The molecule has 0 saturated heterocycles. The molecule has 0 aromatic rings. The highest BCUT2D eigenvalue weighted by molar-refractivity contribution is 7.82. The third-order valence-corrected chi connectivity index (χ3v) is 0.889. The highest BCUT2D eigenvalue weighted by Gasteiger charge is 1.74. The van der Waals surface area contributed by atoms with Crippen molar-refractivity contribution in [2.24, 2.45) is 0 Å².